The van der Waals surface area contributed by atoms with Gasteiger partial charge in [0.2, 0.25) is 5.91 Å². The van der Waals surface area contributed by atoms with Crippen LogP contribution < -0.4 is 9.64 Å². The molecular formula is C22H22ClFN2O5S2. The van der Waals surface area contributed by atoms with Crippen LogP contribution in [0.2, 0.25) is 5.02 Å². The van der Waals surface area contributed by atoms with Crippen molar-refractivity contribution in [2.24, 2.45) is 0 Å². The summed E-state index contributed by atoms with van der Waals surface area (Å²) in [5.41, 5.74) is 0.536. The van der Waals surface area contributed by atoms with E-state index in [4.69, 9.17) is 21.1 Å². The summed E-state index contributed by atoms with van der Waals surface area (Å²) >= 11 is 7.57. The molecule has 0 radical (unpaired) electrons. The van der Waals surface area contributed by atoms with Gasteiger partial charge in [0, 0.05) is 13.0 Å². The quantitative estimate of drug-likeness (QED) is 0.414. The molecule has 0 saturated carbocycles. The highest BCUT2D eigenvalue weighted by atomic mass is 35.5. The van der Waals surface area contributed by atoms with Gasteiger partial charge in [-0.25, -0.2) is 17.8 Å². The summed E-state index contributed by atoms with van der Waals surface area (Å²) in [5.74, 6) is -0.808. The van der Waals surface area contributed by atoms with Gasteiger partial charge in [0.15, 0.2) is 15.0 Å². The van der Waals surface area contributed by atoms with Crippen molar-refractivity contribution in [3.8, 4) is 5.75 Å². The number of aromatic nitrogens is 1. The number of sulfone groups is 1. The first kappa shape index (κ1) is 23.9. The predicted octanol–water partition coefficient (Wildman–Crippen LogP) is 4.47. The number of hydrogen-bond acceptors (Lipinski definition) is 7. The third kappa shape index (κ3) is 5.29. The minimum absolute atomic E-state index is 0.0288. The number of ether oxygens (including phenoxy) is 2. The Morgan fingerprint density at radius 2 is 2.06 bits per heavy atom. The largest absolute Gasteiger partial charge is 0.494 e. The fraction of sp³-hybridized carbons (Fsp3) is 0.364. The third-order valence-corrected chi connectivity index (χ3v) is 8.64. The molecule has 1 atom stereocenters. The van der Waals surface area contributed by atoms with Gasteiger partial charge in [-0.2, -0.15) is 0 Å². The van der Waals surface area contributed by atoms with E-state index >= 15 is 0 Å². The maximum Gasteiger partial charge on any atom is 0.229 e. The summed E-state index contributed by atoms with van der Waals surface area (Å²) in [6.07, 6.45) is 1.28. The van der Waals surface area contributed by atoms with E-state index in [2.05, 4.69) is 4.98 Å². The Hall–Kier alpha value is -2.27. The van der Waals surface area contributed by atoms with Crippen molar-refractivity contribution in [2.75, 3.05) is 30.9 Å². The first-order valence-corrected chi connectivity index (χ1v) is 13.2. The molecular weight excluding hydrogens is 491 g/mol. The molecule has 0 aliphatic carbocycles. The lowest BCUT2D eigenvalue weighted by Gasteiger charge is -2.23. The van der Waals surface area contributed by atoms with Crippen LogP contribution in [0.5, 0.6) is 5.75 Å². The van der Waals surface area contributed by atoms with Crippen LogP contribution in [-0.2, 0) is 19.4 Å². The molecule has 2 aromatic carbocycles. The number of halogens is 2. The van der Waals surface area contributed by atoms with Crippen LogP contribution in [0.15, 0.2) is 41.3 Å². The van der Waals surface area contributed by atoms with Gasteiger partial charge in [-0.1, -0.05) is 22.9 Å². The van der Waals surface area contributed by atoms with Gasteiger partial charge in [-0.3, -0.25) is 9.69 Å². The number of nitrogens with zero attached hydrogens (tertiary/aromatic N) is 2. The molecule has 1 unspecified atom stereocenters. The van der Waals surface area contributed by atoms with Crippen molar-refractivity contribution < 1.29 is 27.1 Å². The third-order valence-electron chi connectivity index (χ3n) is 5.37. The fourth-order valence-electron chi connectivity index (χ4n) is 3.62. The van der Waals surface area contributed by atoms with E-state index in [0.717, 1.165) is 25.0 Å². The second-order valence-electron chi connectivity index (χ2n) is 7.59. The van der Waals surface area contributed by atoms with Crippen molar-refractivity contribution >= 4 is 54.0 Å². The minimum Gasteiger partial charge on any atom is -0.494 e. The van der Waals surface area contributed by atoms with Crippen LogP contribution in [0, 0.1) is 5.82 Å². The van der Waals surface area contributed by atoms with E-state index in [1.807, 2.05) is 0 Å². The molecule has 176 valence electrons. The van der Waals surface area contributed by atoms with Gasteiger partial charge in [-0.15, -0.1) is 0 Å². The summed E-state index contributed by atoms with van der Waals surface area (Å²) in [6.45, 7) is 0.875. The topological polar surface area (TPSA) is 85.8 Å². The fourth-order valence-corrected chi connectivity index (χ4v) is 6.13. The van der Waals surface area contributed by atoms with Crippen molar-refractivity contribution in [1.82, 2.24) is 4.98 Å². The Balaban J connectivity index is 1.60. The Kier molecular flexibility index (Phi) is 7.18. The first-order valence-electron chi connectivity index (χ1n) is 10.3. The Labute approximate surface area is 200 Å². The maximum atomic E-state index is 13.2. The van der Waals surface area contributed by atoms with Crippen LogP contribution >= 0.6 is 22.9 Å². The highest BCUT2D eigenvalue weighted by molar-refractivity contribution is 7.91. The summed E-state index contributed by atoms with van der Waals surface area (Å²) < 4.78 is 50.2. The predicted molar refractivity (Wildman–Crippen MR) is 126 cm³/mol. The van der Waals surface area contributed by atoms with Crippen molar-refractivity contribution in [3.63, 3.8) is 0 Å². The van der Waals surface area contributed by atoms with E-state index < -0.39 is 27.3 Å². The number of amides is 1. The number of thiazole rings is 1. The molecule has 1 saturated heterocycles. The number of methoxy groups -OCH3 is 1. The average Bonchev–Trinajstić information content (AvgIpc) is 3.47. The number of benzene rings is 2. The number of carbonyl (C=O) groups is 1. The Morgan fingerprint density at radius 3 is 2.73 bits per heavy atom. The molecule has 1 fully saturated rings. The zero-order valence-corrected chi connectivity index (χ0v) is 20.2. The van der Waals surface area contributed by atoms with Crippen molar-refractivity contribution in [2.45, 2.75) is 30.3 Å². The molecule has 7 nitrogen and oxygen atoms in total. The standard InChI is InChI=1S/C22H22ClFN2O5S2/c1-30-18-9-8-17(23)21-20(18)25-22(32-21)26(13-15-3-2-11-31-15)19(27)10-12-33(28,29)16-6-4-14(24)5-7-16/h4-9,15H,2-3,10-13H2,1H3. The highest BCUT2D eigenvalue weighted by Crippen LogP contribution is 2.39. The lowest BCUT2D eigenvalue weighted by Crippen LogP contribution is -2.38. The SMILES string of the molecule is COc1ccc(Cl)c2sc(N(CC3CCCO3)C(=O)CCS(=O)(=O)c3ccc(F)cc3)nc12. The van der Waals surface area contributed by atoms with Gasteiger partial charge in [0.1, 0.15) is 17.1 Å². The molecule has 11 heteroatoms. The number of hydrogen-bond donors (Lipinski definition) is 0. The van der Waals surface area contributed by atoms with Crippen LogP contribution in [0.1, 0.15) is 19.3 Å². The second-order valence-corrected chi connectivity index (χ2v) is 11.1. The average molecular weight is 513 g/mol. The number of carbonyl (C=O) groups excluding carboxylic acids is 1. The number of rotatable bonds is 8. The highest BCUT2D eigenvalue weighted by Gasteiger charge is 2.28. The number of fused-ring (bicyclic) bond motifs is 1. The van der Waals surface area contributed by atoms with E-state index in [-0.39, 0.29) is 24.0 Å². The maximum absolute atomic E-state index is 13.2. The molecule has 1 aliphatic heterocycles. The molecule has 1 amide bonds. The van der Waals surface area contributed by atoms with Gasteiger partial charge < -0.3 is 9.47 Å². The lowest BCUT2D eigenvalue weighted by molar-refractivity contribution is -0.118. The van der Waals surface area contributed by atoms with Gasteiger partial charge in [0.05, 0.1) is 40.1 Å². The zero-order valence-electron chi connectivity index (χ0n) is 17.8. The van der Waals surface area contributed by atoms with Crippen LogP contribution in [0.4, 0.5) is 9.52 Å². The Morgan fingerprint density at radius 1 is 1.30 bits per heavy atom. The van der Waals surface area contributed by atoms with E-state index in [9.17, 15) is 17.6 Å². The van der Waals surface area contributed by atoms with Crippen molar-refractivity contribution in [1.29, 1.82) is 0 Å². The molecule has 1 aliphatic rings. The normalized spacial score (nSPS) is 16.3. The van der Waals surface area contributed by atoms with Crippen LogP contribution in [0.25, 0.3) is 10.2 Å². The van der Waals surface area contributed by atoms with E-state index in [1.54, 1.807) is 12.1 Å². The summed E-state index contributed by atoms with van der Waals surface area (Å²) in [4.78, 5) is 19.3. The van der Waals surface area contributed by atoms with Gasteiger partial charge in [-0.05, 0) is 49.2 Å². The number of anilines is 1. The van der Waals surface area contributed by atoms with Gasteiger partial charge >= 0.3 is 0 Å². The van der Waals surface area contributed by atoms with Crippen molar-refractivity contribution in [3.05, 3.63) is 47.2 Å². The van der Waals surface area contributed by atoms with Gasteiger partial charge in [0.25, 0.3) is 0 Å². The molecule has 1 aromatic heterocycles. The molecule has 0 N–H and O–H groups in total. The molecule has 2 heterocycles. The lowest BCUT2D eigenvalue weighted by atomic mass is 10.2. The van der Waals surface area contributed by atoms with E-state index in [0.29, 0.717) is 32.7 Å². The smallest absolute Gasteiger partial charge is 0.229 e. The minimum atomic E-state index is -3.76. The Bertz CT molecular complexity index is 1260. The molecule has 4 rings (SSSR count). The monoisotopic (exact) mass is 512 g/mol. The second kappa shape index (κ2) is 9.92. The summed E-state index contributed by atoms with van der Waals surface area (Å²) in [6, 6.07) is 7.96. The molecule has 0 spiro atoms. The molecule has 0 bridgehead atoms. The summed E-state index contributed by atoms with van der Waals surface area (Å²) in [7, 11) is -2.24. The first-order chi connectivity index (χ1) is 15.8. The zero-order chi connectivity index (χ0) is 23.6. The van der Waals surface area contributed by atoms with E-state index in [1.165, 1.54) is 35.5 Å². The van der Waals surface area contributed by atoms with Crippen LogP contribution in [-0.4, -0.2) is 51.4 Å². The molecule has 3 aromatic rings. The summed E-state index contributed by atoms with van der Waals surface area (Å²) in [5, 5.41) is 0.883. The van der Waals surface area contributed by atoms with Crippen LogP contribution in [0.3, 0.4) is 0 Å². The molecule has 33 heavy (non-hydrogen) atoms.